The van der Waals surface area contributed by atoms with E-state index in [4.69, 9.17) is 44.5 Å². The van der Waals surface area contributed by atoms with Crippen molar-refractivity contribution in [2.75, 3.05) is 31.1 Å². The van der Waals surface area contributed by atoms with Gasteiger partial charge in [-0.2, -0.15) is 0 Å². The summed E-state index contributed by atoms with van der Waals surface area (Å²) >= 11 is 19.5. The van der Waals surface area contributed by atoms with Gasteiger partial charge in [-0.3, -0.25) is 9.59 Å². The van der Waals surface area contributed by atoms with Crippen molar-refractivity contribution in [1.82, 2.24) is 20.5 Å². The van der Waals surface area contributed by atoms with Gasteiger partial charge in [-0.25, -0.2) is 4.98 Å². The number of hydrogen-bond acceptors (Lipinski definition) is 6. The topological polar surface area (TPSA) is 86.8 Å². The monoisotopic (exact) mass is 709 g/mol. The summed E-state index contributed by atoms with van der Waals surface area (Å²) < 4.78 is 6.23. The van der Waals surface area contributed by atoms with Gasteiger partial charge in [0.1, 0.15) is 11.9 Å². The number of carbonyl (C=O) groups excluding carboxylic acids is 2. The maximum absolute atomic E-state index is 14.3. The average Bonchev–Trinajstić information content (AvgIpc) is 4.03. The molecule has 254 valence electrons. The van der Waals surface area contributed by atoms with E-state index in [1.165, 1.54) is 0 Å². The quantitative estimate of drug-likeness (QED) is 0.225. The Labute approximate surface area is 297 Å². The summed E-state index contributed by atoms with van der Waals surface area (Å²) in [6.45, 7) is 5.88. The molecule has 2 saturated carbocycles. The van der Waals surface area contributed by atoms with Gasteiger partial charge in [0.25, 0.3) is 0 Å². The molecule has 1 aromatic heterocycles. The van der Waals surface area contributed by atoms with Crippen LogP contribution >= 0.6 is 34.8 Å². The van der Waals surface area contributed by atoms with Crippen molar-refractivity contribution >= 4 is 52.4 Å². The van der Waals surface area contributed by atoms with Crippen LogP contribution in [0.2, 0.25) is 15.1 Å². The molecule has 2 N–H and O–H groups in total. The van der Waals surface area contributed by atoms with Gasteiger partial charge < -0.3 is 25.2 Å². The number of aryl methyl sites for hydroxylation is 1. The Morgan fingerprint density at radius 1 is 1.00 bits per heavy atom. The van der Waals surface area contributed by atoms with Crippen LogP contribution in [0.3, 0.4) is 0 Å². The van der Waals surface area contributed by atoms with Crippen LogP contribution in [0.1, 0.15) is 66.7 Å². The number of piperidine rings is 1. The van der Waals surface area contributed by atoms with Gasteiger partial charge in [-0.1, -0.05) is 53.0 Å². The molecule has 8 nitrogen and oxygen atoms in total. The summed E-state index contributed by atoms with van der Waals surface area (Å²) in [6.07, 6.45) is 7.57. The first-order valence-corrected chi connectivity index (χ1v) is 18.3. The molecule has 0 spiro atoms. The van der Waals surface area contributed by atoms with E-state index in [-0.39, 0.29) is 41.7 Å². The number of carbonyl (C=O) groups is 2. The molecule has 2 unspecified atom stereocenters. The molecule has 2 saturated heterocycles. The van der Waals surface area contributed by atoms with Gasteiger partial charge in [-0.15, -0.1) is 0 Å². The summed E-state index contributed by atoms with van der Waals surface area (Å²) in [6, 6.07) is 14.0. The fourth-order valence-electron chi connectivity index (χ4n) is 7.03. The molecule has 2 aliphatic carbocycles. The summed E-state index contributed by atoms with van der Waals surface area (Å²) in [5.41, 5.74) is 4.00. The number of nitrogens with zero attached hydrogens (tertiary/aromatic N) is 3. The molecule has 48 heavy (non-hydrogen) atoms. The number of aromatic nitrogens is 1. The predicted molar refractivity (Wildman–Crippen MR) is 190 cm³/mol. The van der Waals surface area contributed by atoms with E-state index in [9.17, 15) is 9.59 Å². The minimum Gasteiger partial charge on any atom is -0.485 e. The molecular weight excluding hydrogens is 669 g/mol. The van der Waals surface area contributed by atoms with Crippen molar-refractivity contribution in [3.05, 3.63) is 86.0 Å². The zero-order valence-electron chi connectivity index (χ0n) is 27.2. The van der Waals surface area contributed by atoms with E-state index in [0.717, 1.165) is 79.7 Å². The molecule has 4 fully saturated rings. The third kappa shape index (κ3) is 7.72. The number of anilines is 1. The number of benzene rings is 2. The van der Waals surface area contributed by atoms with Gasteiger partial charge in [0.2, 0.25) is 11.8 Å². The van der Waals surface area contributed by atoms with Crippen LogP contribution in [0.4, 0.5) is 5.82 Å². The zero-order chi connectivity index (χ0) is 33.4. The second-order valence-corrected chi connectivity index (χ2v) is 15.0. The maximum atomic E-state index is 14.3. The van der Waals surface area contributed by atoms with E-state index in [1.807, 2.05) is 48.4 Å². The minimum atomic E-state index is -0.194. The number of halogens is 3. The SMILES string of the molecule is Cc1cc(Cl)c(O[C@@H]2CCN(c3ccc(C4CCNCC4C(=O)N(Cc4cc(CNC(=O)C5CC5)ccc4Cl)C4CC4)cn3)C2)c(Cl)c1. The van der Waals surface area contributed by atoms with Gasteiger partial charge >= 0.3 is 0 Å². The number of pyridine rings is 1. The molecule has 2 aromatic carbocycles. The van der Waals surface area contributed by atoms with Crippen molar-refractivity contribution in [1.29, 1.82) is 0 Å². The lowest BCUT2D eigenvalue weighted by molar-refractivity contribution is -0.138. The standard InChI is InChI=1S/C37H42Cl3N5O3/c1-22-14-32(39)35(33(40)15-22)48-28-11-13-44(21-28)34-9-5-25(18-42-34)29-10-12-41-19-30(29)37(47)45(27-6-7-27)20-26-16-23(2-8-31(26)38)17-43-36(46)24-3-4-24/h2,5,8-9,14-16,18,24,27-30,41H,3-4,6-7,10-13,17,19-21H2,1H3,(H,43,46)/t28-,29?,30?/m1/s1. The molecule has 11 heteroatoms. The largest absolute Gasteiger partial charge is 0.485 e. The molecular formula is C37H42Cl3N5O3. The fraction of sp³-hybridized carbons (Fsp3) is 0.486. The van der Waals surface area contributed by atoms with E-state index < -0.39 is 0 Å². The lowest BCUT2D eigenvalue weighted by atomic mass is 9.80. The van der Waals surface area contributed by atoms with Gasteiger partial charge in [0, 0.05) is 55.8 Å². The van der Waals surface area contributed by atoms with Crippen LogP contribution in [0.5, 0.6) is 5.75 Å². The average molecular weight is 711 g/mol. The Morgan fingerprint density at radius 3 is 2.50 bits per heavy atom. The molecule has 7 rings (SSSR count). The van der Waals surface area contributed by atoms with Gasteiger partial charge in [0.15, 0.2) is 5.75 Å². The molecule has 3 atom stereocenters. The first-order chi connectivity index (χ1) is 23.2. The third-order valence-electron chi connectivity index (χ3n) is 10.0. The van der Waals surface area contributed by atoms with E-state index in [0.29, 0.717) is 47.0 Å². The highest BCUT2D eigenvalue weighted by Crippen LogP contribution is 2.38. The minimum absolute atomic E-state index is 0.0419. The molecule has 4 aliphatic rings. The molecule has 0 radical (unpaired) electrons. The molecule has 0 bridgehead atoms. The molecule has 2 aliphatic heterocycles. The van der Waals surface area contributed by atoms with Crippen molar-refractivity contribution in [2.24, 2.45) is 11.8 Å². The first kappa shape index (κ1) is 33.5. The van der Waals surface area contributed by atoms with E-state index in [1.54, 1.807) is 0 Å². The highest BCUT2D eigenvalue weighted by Gasteiger charge is 2.40. The summed E-state index contributed by atoms with van der Waals surface area (Å²) in [4.78, 5) is 35.6. The predicted octanol–water partition coefficient (Wildman–Crippen LogP) is 6.92. The van der Waals surface area contributed by atoms with Crippen LogP contribution in [0, 0.1) is 18.8 Å². The Kier molecular flexibility index (Phi) is 10.1. The number of ether oxygens (including phenoxy) is 1. The fourth-order valence-corrected chi connectivity index (χ4v) is 7.89. The van der Waals surface area contributed by atoms with E-state index in [2.05, 4.69) is 27.7 Å². The Morgan fingerprint density at radius 2 is 1.79 bits per heavy atom. The lowest BCUT2D eigenvalue weighted by Crippen LogP contribution is -2.47. The lowest BCUT2D eigenvalue weighted by Gasteiger charge is -2.36. The Hall–Kier alpha value is -3.04. The Bertz CT molecular complexity index is 1640. The van der Waals surface area contributed by atoms with Crippen LogP contribution in [0.15, 0.2) is 48.7 Å². The number of amides is 2. The van der Waals surface area contributed by atoms with Crippen molar-refractivity contribution in [2.45, 2.75) is 76.6 Å². The highest BCUT2D eigenvalue weighted by molar-refractivity contribution is 6.37. The molecule has 3 aromatic rings. The number of hydrogen-bond donors (Lipinski definition) is 2. The van der Waals surface area contributed by atoms with Crippen LogP contribution < -0.4 is 20.3 Å². The smallest absolute Gasteiger partial charge is 0.228 e. The third-order valence-corrected chi connectivity index (χ3v) is 11.0. The van der Waals surface area contributed by atoms with Crippen LogP contribution in [0.25, 0.3) is 0 Å². The van der Waals surface area contributed by atoms with Gasteiger partial charge in [0.05, 0.1) is 22.5 Å². The molecule has 3 heterocycles. The Balaban J connectivity index is 1.01. The van der Waals surface area contributed by atoms with Crippen LogP contribution in [-0.4, -0.2) is 60.0 Å². The van der Waals surface area contributed by atoms with Crippen molar-refractivity contribution in [3.8, 4) is 5.75 Å². The normalized spacial score (nSPS) is 22.4. The van der Waals surface area contributed by atoms with Crippen molar-refractivity contribution < 1.29 is 14.3 Å². The highest BCUT2D eigenvalue weighted by atomic mass is 35.5. The second-order valence-electron chi connectivity index (χ2n) is 13.8. The second kappa shape index (κ2) is 14.4. The summed E-state index contributed by atoms with van der Waals surface area (Å²) in [5, 5.41) is 8.20. The number of nitrogens with one attached hydrogen (secondary N) is 2. The summed E-state index contributed by atoms with van der Waals surface area (Å²) in [5.74, 6) is 1.75. The number of rotatable bonds is 11. The zero-order valence-corrected chi connectivity index (χ0v) is 29.5. The summed E-state index contributed by atoms with van der Waals surface area (Å²) in [7, 11) is 0. The maximum Gasteiger partial charge on any atom is 0.228 e. The van der Waals surface area contributed by atoms with E-state index >= 15 is 0 Å². The first-order valence-electron chi connectivity index (χ1n) is 17.1. The van der Waals surface area contributed by atoms with Crippen LogP contribution in [-0.2, 0) is 22.7 Å². The van der Waals surface area contributed by atoms with Crippen molar-refractivity contribution in [3.63, 3.8) is 0 Å². The molecule has 2 amide bonds. The van der Waals surface area contributed by atoms with Gasteiger partial charge in [-0.05, 0) is 98.0 Å².